The van der Waals surface area contributed by atoms with Crippen molar-refractivity contribution >= 4 is 17.8 Å². The molecular weight excluding hydrogens is 296 g/mol. The molecule has 0 spiro atoms. The molecule has 0 unspecified atom stereocenters. The van der Waals surface area contributed by atoms with Gasteiger partial charge in [0.25, 0.3) is 5.91 Å². The Morgan fingerprint density at radius 3 is 2.61 bits per heavy atom. The van der Waals surface area contributed by atoms with Gasteiger partial charge in [-0.15, -0.1) is 0 Å². The highest BCUT2D eigenvalue weighted by molar-refractivity contribution is 5.96. The molecule has 6 nitrogen and oxygen atoms in total. The fourth-order valence-corrected chi connectivity index (χ4v) is 1.74. The van der Waals surface area contributed by atoms with E-state index < -0.39 is 5.97 Å². The van der Waals surface area contributed by atoms with Gasteiger partial charge in [-0.25, -0.2) is 0 Å². The Kier molecular flexibility index (Phi) is 7.94. The van der Waals surface area contributed by atoms with E-state index in [-0.39, 0.29) is 31.2 Å². The molecule has 0 saturated heterocycles. The van der Waals surface area contributed by atoms with Crippen LogP contribution >= 0.6 is 0 Å². The first kappa shape index (κ1) is 18.2. The van der Waals surface area contributed by atoms with Crippen LogP contribution in [0, 0.1) is 11.8 Å². The van der Waals surface area contributed by atoms with Crippen molar-refractivity contribution in [2.24, 2.45) is 0 Å². The maximum Gasteiger partial charge on any atom is 0.306 e. The Morgan fingerprint density at radius 1 is 1.17 bits per heavy atom. The molecule has 2 N–H and O–H groups in total. The number of amides is 2. The summed E-state index contributed by atoms with van der Waals surface area (Å²) in [5, 5.41) is 5.14. The third-order valence-electron chi connectivity index (χ3n) is 2.86. The van der Waals surface area contributed by atoms with E-state index >= 15 is 0 Å². The SMILES string of the molecule is CCOC(=O)CCC(=O)NCC#Cc1ccccc1C(=O)NC. The minimum Gasteiger partial charge on any atom is -0.466 e. The number of carbonyl (C=O) groups is 3. The molecule has 0 fully saturated rings. The predicted octanol–water partition coefficient (Wildman–Crippen LogP) is 0.857. The van der Waals surface area contributed by atoms with Gasteiger partial charge in [-0.05, 0) is 19.1 Å². The van der Waals surface area contributed by atoms with Crippen LogP contribution in [0.4, 0.5) is 0 Å². The number of nitrogens with one attached hydrogen (secondary N) is 2. The first-order valence-electron chi connectivity index (χ1n) is 7.30. The normalized spacial score (nSPS) is 9.30. The van der Waals surface area contributed by atoms with Gasteiger partial charge < -0.3 is 15.4 Å². The molecular formula is C17H20N2O4. The van der Waals surface area contributed by atoms with Crippen molar-refractivity contribution in [3.63, 3.8) is 0 Å². The van der Waals surface area contributed by atoms with Crippen molar-refractivity contribution in [1.29, 1.82) is 0 Å². The highest BCUT2D eigenvalue weighted by atomic mass is 16.5. The molecule has 0 aliphatic heterocycles. The van der Waals surface area contributed by atoms with E-state index in [1.807, 2.05) is 0 Å². The molecule has 2 amide bonds. The molecule has 1 aromatic carbocycles. The highest BCUT2D eigenvalue weighted by Crippen LogP contribution is 2.06. The lowest BCUT2D eigenvalue weighted by atomic mass is 10.1. The molecule has 1 rings (SSSR count). The van der Waals surface area contributed by atoms with Crippen LogP contribution in [0.2, 0.25) is 0 Å². The van der Waals surface area contributed by atoms with Gasteiger partial charge in [0.05, 0.1) is 25.1 Å². The van der Waals surface area contributed by atoms with E-state index in [2.05, 4.69) is 22.5 Å². The van der Waals surface area contributed by atoms with Crippen LogP contribution in [0.15, 0.2) is 24.3 Å². The Labute approximate surface area is 135 Å². The van der Waals surface area contributed by atoms with Crippen LogP contribution in [-0.2, 0) is 14.3 Å². The maximum absolute atomic E-state index is 11.7. The largest absolute Gasteiger partial charge is 0.466 e. The number of rotatable bonds is 6. The molecule has 0 radical (unpaired) electrons. The second kappa shape index (κ2) is 10.0. The number of esters is 1. The highest BCUT2D eigenvalue weighted by Gasteiger charge is 2.07. The average Bonchev–Trinajstić information content (AvgIpc) is 2.57. The standard InChI is InChI=1S/C17H20N2O4/c1-3-23-16(21)11-10-15(20)19-12-6-8-13-7-4-5-9-14(13)17(22)18-2/h4-5,7,9H,3,10-12H2,1-2H3,(H,18,22)(H,19,20). The number of ether oxygens (including phenoxy) is 1. The summed E-state index contributed by atoms with van der Waals surface area (Å²) in [6.07, 6.45) is 0.113. The Hall–Kier alpha value is -2.81. The molecule has 0 aromatic heterocycles. The lowest BCUT2D eigenvalue weighted by molar-refractivity contribution is -0.144. The van der Waals surface area contributed by atoms with Gasteiger partial charge >= 0.3 is 5.97 Å². The topological polar surface area (TPSA) is 84.5 Å². The predicted molar refractivity (Wildman–Crippen MR) is 85.6 cm³/mol. The third kappa shape index (κ3) is 6.66. The van der Waals surface area contributed by atoms with Crippen molar-refractivity contribution in [2.75, 3.05) is 20.2 Å². The fraction of sp³-hybridized carbons (Fsp3) is 0.353. The van der Waals surface area contributed by atoms with Gasteiger partial charge in [0.1, 0.15) is 0 Å². The van der Waals surface area contributed by atoms with Crippen molar-refractivity contribution in [2.45, 2.75) is 19.8 Å². The molecule has 6 heteroatoms. The molecule has 0 aliphatic rings. The van der Waals surface area contributed by atoms with Crippen LogP contribution in [0.3, 0.4) is 0 Å². The first-order chi connectivity index (χ1) is 11.1. The average molecular weight is 316 g/mol. The zero-order chi connectivity index (χ0) is 17.1. The summed E-state index contributed by atoms with van der Waals surface area (Å²) in [4.78, 5) is 34.3. The third-order valence-corrected chi connectivity index (χ3v) is 2.86. The van der Waals surface area contributed by atoms with Gasteiger partial charge in [-0.3, -0.25) is 14.4 Å². The molecule has 0 atom stereocenters. The minimum absolute atomic E-state index is 0.0482. The molecule has 23 heavy (non-hydrogen) atoms. The quantitative estimate of drug-likeness (QED) is 0.602. The van der Waals surface area contributed by atoms with Crippen molar-refractivity contribution in [1.82, 2.24) is 10.6 Å². The van der Waals surface area contributed by atoms with E-state index in [1.165, 1.54) is 0 Å². The Morgan fingerprint density at radius 2 is 1.91 bits per heavy atom. The number of hydrogen-bond donors (Lipinski definition) is 2. The number of benzene rings is 1. The molecule has 0 aliphatic carbocycles. The Bertz CT molecular complexity index is 629. The fourth-order valence-electron chi connectivity index (χ4n) is 1.74. The van der Waals surface area contributed by atoms with E-state index in [0.717, 1.165) is 0 Å². The molecule has 1 aromatic rings. The molecule has 122 valence electrons. The molecule has 0 saturated carbocycles. The van der Waals surface area contributed by atoms with Crippen molar-refractivity contribution in [3.05, 3.63) is 35.4 Å². The summed E-state index contributed by atoms with van der Waals surface area (Å²) < 4.78 is 4.74. The van der Waals surface area contributed by atoms with Gasteiger partial charge in [0.15, 0.2) is 0 Å². The van der Waals surface area contributed by atoms with E-state index in [0.29, 0.717) is 17.7 Å². The summed E-state index contributed by atoms with van der Waals surface area (Å²) in [7, 11) is 1.55. The van der Waals surface area contributed by atoms with E-state index in [1.54, 1.807) is 38.2 Å². The van der Waals surface area contributed by atoms with E-state index in [4.69, 9.17) is 4.74 Å². The van der Waals surface area contributed by atoms with Crippen LogP contribution in [-0.4, -0.2) is 38.0 Å². The second-order valence-electron chi connectivity index (χ2n) is 4.51. The summed E-state index contributed by atoms with van der Waals surface area (Å²) >= 11 is 0. The monoisotopic (exact) mass is 316 g/mol. The number of hydrogen-bond acceptors (Lipinski definition) is 4. The summed E-state index contributed by atoms with van der Waals surface area (Å²) in [5.74, 6) is 4.76. The number of carbonyl (C=O) groups excluding carboxylic acids is 3. The van der Waals surface area contributed by atoms with Gasteiger partial charge in [0, 0.05) is 19.0 Å². The van der Waals surface area contributed by atoms with Crippen LogP contribution in [0.1, 0.15) is 35.7 Å². The second-order valence-corrected chi connectivity index (χ2v) is 4.51. The van der Waals surface area contributed by atoms with Gasteiger partial charge in [-0.2, -0.15) is 0 Å². The molecule has 0 heterocycles. The zero-order valence-corrected chi connectivity index (χ0v) is 13.3. The van der Waals surface area contributed by atoms with Gasteiger partial charge in [-0.1, -0.05) is 24.0 Å². The zero-order valence-electron chi connectivity index (χ0n) is 13.3. The Balaban J connectivity index is 2.48. The summed E-state index contributed by atoms with van der Waals surface area (Å²) in [5.41, 5.74) is 1.07. The first-order valence-corrected chi connectivity index (χ1v) is 7.30. The molecule has 0 bridgehead atoms. The van der Waals surface area contributed by atoms with Crippen molar-refractivity contribution in [3.8, 4) is 11.8 Å². The van der Waals surface area contributed by atoms with Gasteiger partial charge in [0.2, 0.25) is 5.91 Å². The smallest absolute Gasteiger partial charge is 0.306 e. The van der Waals surface area contributed by atoms with Crippen LogP contribution in [0.5, 0.6) is 0 Å². The lowest BCUT2D eigenvalue weighted by Crippen LogP contribution is -2.24. The van der Waals surface area contributed by atoms with E-state index in [9.17, 15) is 14.4 Å². The van der Waals surface area contributed by atoms with Crippen molar-refractivity contribution < 1.29 is 19.1 Å². The maximum atomic E-state index is 11.7. The van der Waals surface area contributed by atoms with Crippen LogP contribution < -0.4 is 10.6 Å². The summed E-state index contributed by atoms with van der Waals surface area (Å²) in [6, 6.07) is 6.96. The summed E-state index contributed by atoms with van der Waals surface area (Å²) in [6.45, 7) is 2.16. The minimum atomic E-state index is -0.395. The lowest BCUT2D eigenvalue weighted by Gasteiger charge is -2.03. The van der Waals surface area contributed by atoms with Crippen LogP contribution in [0.25, 0.3) is 0 Å².